The lowest BCUT2D eigenvalue weighted by molar-refractivity contribution is -0.385. The molecule has 1 rings (SSSR count). The molecule has 0 bridgehead atoms. The first-order chi connectivity index (χ1) is 6.86. The third-order valence-electron chi connectivity index (χ3n) is 2.09. The Hall–Kier alpha value is -1.98. The van der Waals surface area contributed by atoms with Crippen LogP contribution in [0.5, 0.6) is 0 Å². The van der Waals surface area contributed by atoms with Crippen LogP contribution in [0.25, 0.3) is 0 Å². The second kappa shape index (κ2) is 3.64. The molecule has 0 atom stereocenters. The fourth-order valence-electron chi connectivity index (χ4n) is 1.37. The minimum atomic E-state index is -0.937. The molecule has 0 aliphatic heterocycles. The molecule has 0 saturated heterocycles. The lowest BCUT2D eigenvalue weighted by Gasteiger charge is -2.05. The van der Waals surface area contributed by atoms with E-state index >= 15 is 0 Å². The first kappa shape index (κ1) is 11.1. The molecular weight excluding hydrogens is 203 g/mol. The van der Waals surface area contributed by atoms with Gasteiger partial charge in [0, 0.05) is 0 Å². The molecule has 0 radical (unpaired) electrons. The highest BCUT2D eigenvalue weighted by Gasteiger charge is 2.25. The van der Waals surface area contributed by atoms with E-state index in [4.69, 9.17) is 5.73 Å². The van der Waals surface area contributed by atoms with Gasteiger partial charge in [-0.2, -0.15) is 0 Å². The van der Waals surface area contributed by atoms with E-state index in [1.807, 2.05) is 0 Å². The van der Waals surface area contributed by atoms with Gasteiger partial charge >= 0.3 is 0 Å². The van der Waals surface area contributed by atoms with Crippen molar-refractivity contribution in [1.82, 2.24) is 0 Å². The molecule has 0 unspecified atom stereocenters. The topological polar surface area (TPSA) is 86.2 Å². The van der Waals surface area contributed by atoms with Crippen LogP contribution in [0.15, 0.2) is 6.07 Å². The minimum Gasteiger partial charge on any atom is -0.365 e. The molecule has 6 heteroatoms. The molecule has 0 aromatic heterocycles. The van der Waals surface area contributed by atoms with Crippen molar-refractivity contribution in [2.24, 2.45) is 5.73 Å². The maximum absolute atomic E-state index is 13.3. The van der Waals surface area contributed by atoms with Gasteiger partial charge < -0.3 is 5.73 Å². The number of carbonyl (C=O) groups excluding carboxylic acids is 1. The fraction of sp³-hybridized carbons (Fsp3) is 0.222. The Kier molecular flexibility index (Phi) is 2.69. The van der Waals surface area contributed by atoms with Crippen molar-refractivity contribution in [3.05, 3.63) is 38.7 Å². The average Bonchev–Trinajstić information content (AvgIpc) is 2.12. The van der Waals surface area contributed by atoms with E-state index in [2.05, 4.69) is 0 Å². The number of rotatable bonds is 2. The summed E-state index contributed by atoms with van der Waals surface area (Å²) in [5.41, 5.74) is 4.13. The van der Waals surface area contributed by atoms with Crippen molar-refractivity contribution in [1.29, 1.82) is 0 Å². The summed E-state index contributed by atoms with van der Waals surface area (Å²) in [5.74, 6) is -1.63. The number of amides is 1. The third kappa shape index (κ3) is 1.78. The van der Waals surface area contributed by atoms with Gasteiger partial charge in [-0.25, -0.2) is 4.39 Å². The van der Waals surface area contributed by atoms with E-state index in [0.29, 0.717) is 0 Å². The molecule has 0 fully saturated rings. The Morgan fingerprint density at radius 1 is 1.53 bits per heavy atom. The number of carbonyl (C=O) groups is 1. The molecule has 1 aromatic rings. The van der Waals surface area contributed by atoms with Crippen LogP contribution in [0, 0.1) is 29.8 Å². The van der Waals surface area contributed by atoms with Crippen LogP contribution in [0.2, 0.25) is 0 Å². The number of aryl methyl sites for hydroxylation is 1. The third-order valence-corrected chi connectivity index (χ3v) is 2.09. The summed E-state index contributed by atoms with van der Waals surface area (Å²) in [5, 5.41) is 10.6. The number of nitrogens with zero attached hydrogens (tertiary/aromatic N) is 1. The van der Waals surface area contributed by atoms with Gasteiger partial charge in [0.1, 0.15) is 11.4 Å². The summed E-state index contributed by atoms with van der Waals surface area (Å²) in [6.07, 6.45) is 0. The molecule has 80 valence electrons. The van der Waals surface area contributed by atoms with E-state index in [9.17, 15) is 19.3 Å². The molecule has 15 heavy (non-hydrogen) atoms. The zero-order valence-electron chi connectivity index (χ0n) is 8.20. The number of nitro groups is 1. The van der Waals surface area contributed by atoms with Gasteiger partial charge in [-0.1, -0.05) is 0 Å². The number of nitrogens with two attached hydrogens (primary N) is 1. The zero-order valence-corrected chi connectivity index (χ0v) is 8.20. The summed E-state index contributed by atoms with van der Waals surface area (Å²) in [7, 11) is 0. The van der Waals surface area contributed by atoms with Crippen LogP contribution in [-0.2, 0) is 0 Å². The Bertz CT molecular complexity index is 457. The first-order valence-electron chi connectivity index (χ1n) is 4.10. The number of primary amides is 1. The smallest absolute Gasteiger partial charge is 0.287 e. The van der Waals surface area contributed by atoms with Crippen molar-refractivity contribution >= 4 is 11.6 Å². The molecule has 5 nitrogen and oxygen atoms in total. The fourth-order valence-corrected chi connectivity index (χ4v) is 1.37. The van der Waals surface area contributed by atoms with Gasteiger partial charge in [0.2, 0.25) is 0 Å². The first-order valence-corrected chi connectivity index (χ1v) is 4.10. The van der Waals surface area contributed by atoms with E-state index < -0.39 is 22.3 Å². The Labute approximate surface area is 84.8 Å². The number of hydrogen-bond donors (Lipinski definition) is 1. The van der Waals surface area contributed by atoms with Gasteiger partial charge in [-0.05, 0) is 25.5 Å². The van der Waals surface area contributed by atoms with Gasteiger partial charge in [-0.3, -0.25) is 14.9 Å². The number of nitro benzene ring substituents is 1. The molecule has 1 amide bonds. The molecule has 0 heterocycles. The van der Waals surface area contributed by atoms with Gasteiger partial charge in [0.15, 0.2) is 0 Å². The maximum atomic E-state index is 13.3. The summed E-state index contributed by atoms with van der Waals surface area (Å²) in [6, 6.07) is 1.09. The van der Waals surface area contributed by atoms with E-state index in [1.54, 1.807) is 0 Å². The van der Waals surface area contributed by atoms with Gasteiger partial charge in [0.25, 0.3) is 11.6 Å². The molecule has 0 aliphatic carbocycles. The van der Waals surface area contributed by atoms with Crippen LogP contribution in [0.3, 0.4) is 0 Å². The predicted octanol–water partition coefficient (Wildman–Crippen LogP) is 1.45. The van der Waals surface area contributed by atoms with Gasteiger partial charge in [0.05, 0.1) is 10.5 Å². The number of benzene rings is 1. The van der Waals surface area contributed by atoms with Crippen LogP contribution in [-0.4, -0.2) is 10.8 Å². The highest BCUT2D eigenvalue weighted by atomic mass is 19.1. The maximum Gasteiger partial charge on any atom is 0.287 e. The minimum absolute atomic E-state index is 0.159. The zero-order chi connectivity index (χ0) is 11.7. The molecule has 2 N–H and O–H groups in total. The van der Waals surface area contributed by atoms with Crippen molar-refractivity contribution in [2.75, 3.05) is 0 Å². The molecule has 0 saturated carbocycles. The monoisotopic (exact) mass is 212 g/mol. The Morgan fingerprint density at radius 2 is 2.07 bits per heavy atom. The lowest BCUT2D eigenvalue weighted by Crippen LogP contribution is -2.15. The second-order valence-corrected chi connectivity index (χ2v) is 3.15. The van der Waals surface area contributed by atoms with Crippen LogP contribution in [0.1, 0.15) is 21.5 Å². The highest BCUT2D eigenvalue weighted by Crippen LogP contribution is 2.27. The number of hydrogen-bond acceptors (Lipinski definition) is 3. The Morgan fingerprint density at radius 3 is 2.47 bits per heavy atom. The predicted molar refractivity (Wildman–Crippen MR) is 51.0 cm³/mol. The largest absolute Gasteiger partial charge is 0.365 e. The van der Waals surface area contributed by atoms with Crippen LogP contribution in [0.4, 0.5) is 10.1 Å². The number of halogens is 1. The SMILES string of the molecule is Cc1cc(C(N)=O)c([N+](=O)[O-])c(C)c1F. The molecule has 0 aliphatic rings. The second-order valence-electron chi connectivity index (χ2n) is 3.15. The van der Waals surface area contributed by atoms with Gasteiger partial charge in [-0.15, -0.1) is 0 Å². The van der Waals surface area contributed by atoms with Crippen molar-refractivity contribution < 1.29 is 14.1 Å². The van der Waals surface area contributed by atoms with E-state index in [-0.39, 0.29) is 16.7 Å². The molecule has 1 aromatic carbocycles. The average molecular weight is 212 g/mol. The van der Waals surface area contributed by atoms with Crippen molar-refractivity contribution in [3.63, 3.8) is 0 Å². The lowest BCUT2D eigenvalue weighted by atomic mass is 10.0. The standard InChI is InChI=1S/C9H9FN2O3/c1-4-3-6(9(11)13)8(12(14)15)5(2)7(4)10/h3H,1-2H3,(H2,11,13). The van der Waals surface area contributed by atoms with Crippen LogP contribution >= 0.6 is 0 Å². The summed E-state index contributed by atoms with van der Waals surface area (Å²) < 4.78 is 13.3. The highest BCUT2D eigenvalue weighted by molar-refractivity contribution is 5.97. The normalized spacial score (nSPS) is 10.1. The summed E-state index contributed by atoms with van der Waals surface area (Å²) >= 11 is 0. The Balaban J connectivity index is 3.65. The quantitative estimate of drug-likeness (QED) is 0.594. The van der Waals surface area contributed by atoms with E-state index in [1.165, 1.54) is 13.8 Å². The summed E-state index contributed by atoms with van der Waals surface area (Å²) in [6.45, 7) is 2.66. The summed E-state index contributed by atoms with van der Waals surface area (Å²) in [4.78, 5) is 20.8. The van der Waals surface area contributed by atoms with Crippen molar-refractivity contribution in [3.8, 4) is 0 Å². The molecule has 0 spiro atoms. The van der Waals surface area contributed by atoms with Crippen molar-refractivity contribution in [2.45, 2.75) is 13.8 Å². The molecular formula is C9H9FN2O3. The van der Waals surface area contributed by atoms with E-state index in [0.717, 1.165) is 6.07 Å². The van der Waals surface area contributed by atoms with Crippen LogP contribution < -0.4 is 5.73 Å².